The van der Waals surface area contributed by atoms with E-state index < -0.39 is 39.2 Å². The normalized spacial score (nSPS) is 12.2. The number of carbonyl (C=O) groups is 1. The van der Waals surface area contributed by atoms with Crippen LogP contribution in [0.4, 0.5) is 26.3 Å². The van der Waals surface area contributed by atoms with E-state index in [9.17, 15) is 31.1 Å². The van der Waals surface area contributed by atoms with Gasteiger partial charge in [-0.15, -0.1) is 13.2 Å². The summed E-state index contributed by atoms with van der Waals surface area (Å²) in [6, 6.07) is 0.289. The molecule has 0 aromatic carbocycles. The van der Waals surface area contributed by atoms with Gasteiger partial charge in [-0.25, -0.2) is 9.78 Å². The number of esters is 1. The van der Waals surface area contributed by atoms with Crippen molar-refractivity contribution >= 4 is 28.6 Å². The van der Waals surface area contributed by atoms with Crippen LogP contribution in [0.2, 0.25) is 0 Å². The molecule has 1 rings (SSSR count). The number of alkyl halides is 6. The lowest BCUT2D eigenvalue weighted by atomic mass is 10.2. The molecule has 1 aromatic rings. The maximum absolute atomic E-state index is 12.7. The van der Waals surface area contributed by atoms with E-state index in [4.69, 9.17) is 0 Å². The summed E-state index contributed by atoms with van der Waals surface area (Å²) in [5.41, 5.74) is -2.82. The van der Waals surface area contributed by atoms with Crippen LogP contribution in [0.1, 0.15) is 16.1 Å². The minimum atomic E-state index is -5.13. The SMILES string of the molecule is COC(=O)c1cc(OC(F)(F)F)c(I)nc1C(F)(F)F. The number of hydrogen-bond donors (Lipinski definition) is 0. The van der Waals surface area contributed by atoms with Crippen molar-refractivity contribution in [1.82, 2.24) is 4.98 Å². The molecule has 0 unspecified atom stereocenters. The molecular weight excluding hydrogens is 411 g/mol. The van der Waals surface area contributed by atoms with Gasteiger partial charge in [0.25, 0.3) is 0 Å². The lowest BCUT2D eigenvalue weighted by Crippen LogP contribution is -2.21. The molecule has 0 aliphatic heterocycles. The molecule has 0 saturated heterocycles. The first-order valence-electron chi connectivity index (χ1n) is 4.57. The van der Waals surface area contributed by atoms with Crippen LogP contribution in [0.25, 0.3) is 0 Å². The Morgan fingerprint density at radius 3 is 2.20 bits per heavy atom. The zero-order chi connectivity index (χ0) is 15.7. The van der Waals surface area contributed by atoms with Gasteiger partial charge in [0.05, 0.1) is 12.7 Å². The number of rotatable bonds is 2. The Hall–Kier alpha value is -1.27. The van der Waals surface area contributed by atoms with Crippen LogP contribution in [0.5, 0.6) is 5.75 Å². The average Bonchev–Trinajstić information content (AvgIpc) is 2.27. The van der Waals surface area contributed by atoms with Crippen molar-refractivity contribution in [2.45, 2.75) is 12.5 Å². The zero-order valence-electron chi connectivity index (χ0n) is 9.40. The van der Waals surface area contributed by atoms with Crippen molar-refractivity contribution in [2.24, 2.45) is 0 Å². The first kappa shape index (κ1) is 16.8. The van der Waals surface area contributed by atoms with Crippen LogP contribution < -0.4 is 4.74 Å². The summed E-state index contributed by atoms with van der Waals surface area (Å²) in [4.78, 5) is 14.1. The van der Waals surface area contributed by atoms with E-state index in [1.54, 1.807) is 0 Å². The quantitative estimate of drug-likeness (QED) is 0.322. The van der Waals surface area contributed by atoms with Crippen LogP contribution in [0, 0.1) is 3.70 Å². The Balaban J connectivity index is 3.44. The van der Waals surface area contributed by atoms with Crippen LogP contribution >= 0.6 is 22.6 Å². The number of halogens is 7. The monoisotopic (exact) mass is 415 g/mol. The molecule has 0 amide bonds. The molecule has 0 N–H and O–H groups in total. The first-order valence-corrected chi connectivity index (χ1v) is 5.65. The summed E-state index contributed by atoms with van der Waals surface area (Å²) in [6.45, 7) is 0. The smallest absolute Gasteiger partial charge is 0.465 e. The highest BCUT2D eigenvalue weighted by molar-refractivity contribution is 14.1. The lowest BCUT2D eigenvalue weighted by Gasteiger charge is -2.15. The summed E-state index contributed by atoms with van der Waals surface area (Å²) in [5.74, 6) is -2.50. The predicted octanol–water partition coefficient (Wildman–Crippen LogP) is 3.39. The summed E-state index contributed by atoms with van der Waals surface area (Å²) in [5, 5.41) is 0. The molecule has 1 aromatic heterocycles. The number of hydrogen-bond acceptors (Lipinski definition) is 4. The van der Waals surface area contributed by atoms with Crippen LogP contribution in [-0.4, -0.2) is 24.4 Å². The van der Waals surface area contributed by atoms with Crippen LogP contribution in [0.3, 0.4) is 0 Å². The van der Waals surface area contributed by atoms with E-state index in [-0.39, 0.29) is 6.07 Å². The number of carbonyl (C=O) groups excluding carboxylic acids is 1. The lowest BCUT2D eigenvalue weighted by molar-refractivity contribution is -0.275. The second kappa shape index (κ2) is 5.61. The Kier molecular flexibility index (Phi) is 4.71. The van der Waals surface area contributed by atoms with Crippen molar-refractivity contribution in [3.63, 3.8) is 0 Å². The van der Waals surface area contributed by atoms with Gasteiger partial charge in [0.2, 0.25) is 0 Å². The third-order valence-electron chi connectivity index (χ3n) is 1.84. The number of pyridine rings is 1. The Morgan fingerprint density at radius 2 is 1.80 bits per heavy atom. The number of nitrogens with zero attached hydrogens (tertiary/aromatic N) is 1. The van der Waals surface area contributed by atoms with Gasteiger partial charge in [-0.1, -0.05) is 0 Å². The maximum atomic E-state index is 12.7. The second-order valence-electron chi connectivity index (χ2n) is 3.21. The second-order valence-corrected chi connectivity index (χ2v) is 4.23. The number of ether oxygens (including phenoxy) is 2. The molecule has 0 spiro atoms. The van der Waals surface area contributed by atoms with E-state index in [0.29, 0.717) is 0 Å². The van der Waals surface area contributed by atoms with Crippen molar-refractivity contribution in [3.05, 3.63) is 21.0 Å². The standard InChI is InChI=1S/C9H4F6INO3/c1-19-7(18)3-2-4(20-9(13,14)15)6(16)17-5(3)8(10,11)12/h2H,1H3. The van der Waals surface area contributed by atoms with Gasteiger partial charge in [0, 0.05) is 0 Å². The molecule has 0 atom stereocenters. The zero-order valence-corrected chi connectivity index (χ0v) is 11.6. The molecule has 1 heterocycles. The maximum Gasteiger partial charge on any atom is 0.573 e. The van der Waals surface area contributed by atoms with Crippen LogP contribution in [0.15, 0.2) is 6.07 Å². The molecule has 0 radical (unpaired) electrons. The molecular formula is C9H4F6INO3. The van der Waals surface area contributed by atoms with Crippen molar-refractivity contribution in [1.29, 1.82) is 0 Å². The highest BCUT2D eigenvalue weighted by Crippen LogP contribution is 2.35. The molecule has 0 bridgehead atoms. The van der Waals surface area contributed by atoms with E-state index in [1.807, 2.05) is 0 Å². The number of methoxy groups -OCH3 is 1. The fourth-order valence-electron chi connectivity index (χ4n) is 1.15. The first-order chi connectivity index (χ1) is 8.95. The topological polar surface area (TPSA) is 48.4 Å². The molecule has 0 aliphatic carbocycles. The van der Waals surface area contributed by atoms with E-state index in [1.165, 1.54) is 0 Å². The summed E-state index contributed by atoms with van der Waals surface area (Å²) < 4.78 is 81.1. The summed E-state index contributed by atoms with van der Waals surface area (Å²) >= 11 is 1.13. The van der Waals surface area contributed by atoms with Gasteiger partial charge in [-0.2, -0.15) is 13.2 Å². The highest BCUT2D eigenvalue weighted by atomic mass is 127. The minimum Gasteiger partial charge on any atom is -0.465 e. The molecule has 112 valence electrons. The minimum absolute atomic E-state index is 0.289. The van der Waals surface area contributed by atoms with E-state index in [2.05, 4.69) is 14.5 Å². The highest BCUT2D eigenvalue weighted by Gasteiger charge is 2.40. The molecule has 11 heteroatoms. The van der Waals surface area contributed by atoms with Gasteiger partial charge in [-0.05, 0) is 28.7 Å². The van der Waals surface area contributed by atoms with Crippen LogP contribution in [-0.2, 0) is 10.9 Å². The molecule has 0 saturated carbocycles. The third-order valence-corrected chi connectivity index (χ3v) is 2.62. The predicted molar refractivity (Wildman–Crippen MR) is 60.0 cm³/mol. The van der Waals surface area contributed by atoms with Gasteiger partial charge in [-0.3, -0.25) is 0 Å². The van der Waals surface area contributed by atoms with Gasteiger partial charge >= 0.3 is 18.5 Å². The Labute approximate surface area is 121 Å². The van der Waals surface area contributed by atoms with Crippen molar-refractivity contribution in [3.8, 4) is 5.75 Å². The molecule has 4 nitrogen and oxygen atoms in total. The van der Waals surface area contributed by atoms with E-state index >= 15 is 0 Å². The fourth-order valence-corrected chi connectivity index (χ4v) is 1.66. The third kappa shape index (κ3) is 4.11. The Bertz CT molecular complexity index is 528. The summed E-state index contributed by atoms with van der Waals surface area (Å²) in [6.07, 6.45) is -10.2. The fraction of sp³-hybridized carbons (Fsp3) is 0.333. The Morgan fingerprint density at radius 1 is 1.25 bits per heavy atom. The molecule has 0 fully saturated rings. The largest absolute Gasteiger partial charge is 0.573 e. The molecule has 0 aliphatic rings. The van der Waals surface area contributed by atoms with E-state index in [0.717, 1.165) is 29.7 Å². The molecule has 20 heavy (non-hydrogen) atoms. The van der Waals surface area contributed by atoms with Gasteiger partial charge in [0.1, 0.15) is 3.70 Å². The number of aromatic nitrogens is 1. The van der Waals surface area contributed by atoms with Gasteiger partial charge in [0.15, 0.2) is 11.4 Å². The van der Waals surface area contributed by atoms with Crippen molar-refractivity contribution in [2.75, 3.05) is 7.11 Å². The van der Waals surface area contributed by atoms with Gasteiger partial charge < -0.3 is 9.47 Å². The average molecular weight is 415 g/mol. The van der Waals surface area contributed by atoms with Crippen molar-refractivity contribution < 1.29 is 40.6 Å². The summed E-state index contributed by atoms with van der Waals surface area (Å²) in [7, 11) is 0.782.